The van der Waals surface area contributed by atoms with Crippen LogP contribution in [-0.4, -0.2) is 68.2 Å². The first-order valence-corrected chi connectivity index (χ1v) is 12.2. The van der Waals surface area contributed by atoms with Gasteiger partial charge in [-0.05, 0) is 30.3 Å². The van der Waals surface area contributed by atoms with E-state index in [4.69, 9.17) is 9.16 Å². The number of ether oxygens (including phenoxy) is 1. The van der Waals surface area contributed by atoms with E-state index in [0.717, 1.165) is 5.69 Å². The van der Waals surface area contributed by atoms with Gasteiger partial charge in [0.2, 0.25) is 0 Å². The Kier molecular flexibility index (Phi) is 6.96. The van der Waals surface area contributed by atoms with Crippen LogP contribution in [-0.2, 0) is 15.6 Å². The van der Waals surface area contributed by atoms with Gasteiger partial charge in [0.15, 0.2) is 8.32 Å². The standard InChI is InChI=1S/C19H32N2O4Si/c1-19(2,3)26(4,5)25-11-8-17-16(7-6-9-20-17)18(23)21-10-12-24-14-15(21)13-22/h6-7,9,15,22H,8,10-14H2,1-5H3. The molecule has 1 unspecified atom stereocenters. The molecule has 2 heterocycles. The Morgan fingerprint density at radius 3 is 2.85 bits per heavy atom. The van der Waals surface area contributed by atoms with Gasteiger partial charge in [0, 0.05) is 25.8 Å². The number of carbonyl (C=O) groups is 1. The highest BCUT2D eigenvalue weighted by Gasteiger charge is 2.37. The first-order valence-electron chi connectivity index (χ1n) is 9.25. The van der Waals surface area contributed by atoms with E-state index < -0.39 is 8.32 Å². The Morgan fingerprint density at radius 1 is 1.46 bits per heavy atom. The molecule has 0 spiro atoms. The number of pyridine rings is 1. The third kappa shape index (κ3) is 4.91. The van der Waals surface area contributed by atoms with E-state index in [1.165, 1.54) is 0 Å². The predicted octanol–water partition coefficient (Wildman–Crippen LogP) is 2.48. The molecule has 1 aliphatic heterocycles. The molecular formula is C19H32N2O4Si. The molecule has 146 valence electrons. The van der Waals surface area contributed by atoms with Crippen LogP contribution in [0.25, 0.3) is 0 Å². The molecule has 0 saturated carbocycles. The molecule has 1 atom stereocenters. The van der Waals surface area contributed by atoms with Crippen molar-refractivity contribution in [3.63, 3.8) is 0 Å². The van der Waals surface area contributed by atoms with Gasteiger partial charge in [-0.15, -0.1) is 0 Å². The van der Waals surface area contributed by atoms with Gasteiger partial charge in [-0.1, -0.05) is 20.8 Å². The zero-order valence-corrected chi connectivity index (χ0v) is 17.6. The average Bonchev–Trinajstić information content (AvgIpc) is 2.60. The van der Waals surface area contributed by atoms with E-state index in [2.05, 4.69) is 38.8 Å². The number of nitrogens with zero attached hydrogens (tertiary/aromatic N) is 2. The van der Waals surface area contributed by atoms with E-state index in [1.54, 1.807) is 23.2 Å². The molecule has 1 aromatic rings. The lowest BCUT2D eigenvalue weighted by atomic mass is 10.1. The molecule has 1 aliphatic rings. The summed E-state index contributed by atoms with van der Waals surface area (Å²) < 4.78 is 11.6. The SMILES string of the molecule is CC(C)(C)[Si](C)(C)OCCc1ncccc1C(=O)N1CCOCC1CO. The molecule has 6 nitrogen and oxygen atoms in total. The molecule has 0 aromatic carbocycles. The van der Waals surface area contributed by atoms with Gasteiger partial charge in [-0.3, -0.25) is 9.78 Å². The van der Waals surface area contributed by atoms with Gasteiger partial charge in [0.1, 0.15) is 0 Å². The number of aliphatic hydroxyl groups is 1. The summed E-state index contributed by atoms with van der Waals surface area (Å²) in [6.07, 6.45) is 2.31. The monoisotopic (exact) mass is 380 g/mol. The van der Waals surface area contributed by atoms with E-state index >= 15 is 0 Å². The molecule has 2 rings (SSSR count). The third-order valence-corrected chi connectivity index (χ3v) is 9.97. The van der Waals surface area contributed by atoms with Crippen LogP contribution in [0, 0.1) is 0 Å². The third-order valence-electron chi connectivity index (χ3n) is 5.43. The quantitative estimate of drug-likeness (QED) is 0.768. The Bertz CT molecular complexity index is 616. The van der Waals surface area contributed by atoms with Crippen molar-refractivity contribution in [2.45, 2.75) is 51.4 Å². The van der Waals surface area contributed by atoms with E-state index in [1.807, 2.05) is 0 Å². The molecule has 0 aliphatic carbocycles. The molecule has 7 heteroatoms. The predicted molar refractivity (Wildman–Crippen MR) is 104 cm³/mol. The van der Waals surface area contributed by atoms with Gasteiger partial charge in [-0.25, -0.2) is 0 Å². The van der Waals surface area contributed by atoms with Crippen LogP contribution in [0.15, 0.2) is 18.3 Å². The first kappa shape index (κ1) is 21.0. The lowest BCUT2D eigenvalue weighted by Crippen LogP contribution is -2.50. The van der Waals surface area contributed by atoms with Crippen molar-refractivity contribution in [2.24, 2.45) is 0 Å². The summed E-state index contributed by atoms with van der Waals surface area (Å²) in [7, 11) is -1.83. The molecular weight excluding hydrogens is 348 g/mol. The molecule has 1 fully saturated rings. The van der Waals surface area contributed by atoms with Gasteiger partial charge in [0.25, 0.3) is 5.91 Å². The number of hydrogen-bond donors (Lipinski definition) is 1. The number of amides is 1. The van der Waals surface area contributed by atoms with Crippen molar-refractivity contribution in [3.8, 4) is 0 Å². The maximum absolute atomic E-state index is 13.0. The van der Waals surface area contributed by atoms with Crippen LogP contribution in [0.1, 0.15) is 36.8 Å². The Balaban J connectivity index is 2.09. The van der Waals surface area contributed by atoms with Crippen molar-refractivity contribution in [3.05, 3.63) is 29.6 Å². The van der Waals surface area contributed by atoms with Crippen LogP contribution < -0.4 is 0 Å². The second kappa shape index (κ2) is 8.60. The highest BCUT2D eigenvalue weighted by atomic mass is 28.4. The summed E-state index contributed by atoms with van der Waals surface area (Å²) in [5, 5.41) is 9.68. The second-order valence-corrected chi connectivity index (χ2v) is 13.1. The highest BCUT2D eigenvalue weighted by Crippen LogP contribution is 2.36. The summed E-state index contributed by atoms with van der Waals surface area (Å²) in [5.74, 6) is -0.0947. The van der Waals surface area contributed by atoms with Crippen molar-refractivity contribution >= 4 is 14.2 Å². The molecule has 1 aromatic heterocycles. The van der Waals surface area contributed by atoms with Crippen molar-refractivity contribution in [1.82, 2.24) is 9.88 Å². The highest BCUT2D eigenvalue weighted by molar-refractivity contribution is 6.74. The zero-order chi connectivity index (χ0) is 19.4. The number of morpholine rings is 1. The lowest BCUT2D eigenvalue weighted by Gasteiger charge is -2.36. The van der Waals surface area contributed by atoms with Crippen LogP contribution in [0.5, 0.6) is 0 Å². The van der Waals surface area contributed by atoms with Crippen LogP contribution >= 0.6 is 0 Å². The topological polar surface area (TPSA) is 71.9 Å². The number of aromatic nitrogens is 1. The Hall–Kier alpha value is -1.28. The van der Waals surface area contributed by atoms with E-state index in [9.17, 15) is 9.90 Å². The van der Waals surface area contributed by atoms with E-state index in [-0.39, 0.29) is 23.6 Å². The van der Waals surface area contributed by atoms with Crippen LogP contribution in [0.4, 0.5) is 0 Å². The van der Waals surface area contributed by atoms with Crippen LogP contribution in [0.3, 0.4) is 0 Å². The van der Waals surface area contributed by atoms with Gasteiger partial charge in [0.05, 0.1) is 37.1 Å². The van der Waals surface area contributed by atoms with Crippen LogP contribution in [0.2, 0.25) is 18.1 Å². The van der Waals surface area contributed by atoms with Crippen molar-refractivity contribution in [1.29, 1.82) is 0 Å². The molecule has 1 N–H and O–H groups in total. The van der Waals surface area contributed by atoms with Gasteiger partial charge < -0.3 is 19.2 Å². The number of aliphatic hydroxyl groups excluding tert-OH is 1. The number of hydrogen-bond acceptors (Lipinski definition) is 5. The lowest BCUT2D eigenvalue weighted by molar-refractivity contribution is -0.0184. The summed E-state index contributed by atoms with van der Waals surface area (Å²) in [6, 6.07) is 3.29. The molecule has 1 saturated heterocycles. The average molecular weight is 381 g/mol. The fourth-order valence-electron chi connectivity index (χ4n) is 2.68. The minimum atomic E-state index is -1.83. The number of carbonyl (C=O) groups excluding carboxylic acids is 1. The Labute approximate surface area is 157 Å². The normalized spacial score (nSPS) is 18.8. The summed E-state index contributed by atoms with van der Waals surface area (Å²) in [5.41, 5.74) is 1.34. The van der Waals surface area contributed by atoms with E-state index in [0.29, 0.717) is 38.3 Å². The summed E-state index contributed by atoms with van der Waals surface area (Å²) in [6.45, 7) is 12.9. The largest absolute Gasteiger partial charge is 0.416 e. The zero-order valence-electron chi connectivity index (χ0n) is 16.6. The molecule has 26 heavy (non-hydrogen) atoms. The van der Waals surface area contributed by atoms with Crippen molar-refractivity contribution in [2.75, 3.05) is 33.0 Å². The second-order valence-electron chi connectivity index (χ2n) is 8.27. The maximum atomic E-state index is 13.0. The summed E-state index contributed by atoms with van der Waals surface area (Å²) in [4.78, 5) is 19.1. The fourth-order valence-corrected chi connectivity index (χ4v) is 3.72. The minimum Gasteiger partial charge on any atom is -0.416 e. The molecule has 1 amide bonds. The van der Waals surface area contributed by atoms with Gasteiger partial charge in [-0.2, -0.15) is 0 Å². The molecule has 0 radical (unpaired) electrons. The fraction of sp³-hybridized carbons (Fsp3) is 0.684. The minimum absolute atomic E-state index is 0.0947. The smallest absolute Gasteiger partial charge is 0.256 e. The maximum Gasteiger partial charge on any atom is 0.256 e. The summed E-state index contributed by atoms with van der Waals surface area (Å²) >= 11 is 0. The van der Waals surface area contributed by atoms with Gasteiger partial charge >= 0.3 is 0 Å². The Morgan fingerprint density at radius 2 is 2.19 bits per heavy atom. The molecule has 0 bridgehead atoms. The first-order chi connectivity index (χ1) is 12.2. The van der Waals surface area contributed by atoms with Crippen molar-refractivity contribution < 1.29 is 19.1 Å². The number of rotatable bonds is 6.